The monoisotopic (exact) mass is 520 g/mol. The van der Waals surface area contributed by atoms with Crippen LogP contribution in [0.2, 0.25) is 0 Å². The molecule has 0 saturated carbocycles. The highest BCUT2D eigenvalue weighted by Gasteiger charge is 2.33. The summed E-state index contributed by atoms with van der Waals surface area (Å²) >= 11 is 6.78. The van der Waals surface area contributed by atoms with E-state index in [1.165, 1.54) is 21.7 Å². The second kappa shape index (κ2) is 10.5. The molecule has 2 aliphatic heterocycles. The summed E-state index contributed by atoms with van der Waals surface area (Å²) in [5, 5.41) is 0. The SMILES string of the molecule is C[C@@H]1CN(c2nc3ccccn3c(=O)c2/C=C2\SC(=S)N(CCCc3ccccc3)C2=O)C[C@H](C)O1. The van der Waals surface area contributed by atoms with Gasteiger partial charge < -0.3 is 9.64 Å². The Kier molecular flexibility index (Phi) is 7.22. The minimum Gasteiger partial charge on any atom is -0.372 e. The van der Waals surface area contributed by atoms with Crippen LogP contribution in [0.15, 0.2) is 64.4 Å². The molecular weight excluding hydrogens is 492 g/mol. The molecule has 4 heterocycles. The molecule has 0 bridgehead atoms. The van der Waals surface area contributed by atoms with E-state index in [0.29, 0.717) is 45.9 Å². The molecule has 9 heteroatoms. The van der Waals surface area contributed by atoms with Crippen LogP contribution in [0.5, 0.6) is 0 Å². The first kappa shape index (κ1) is 24.7. The van der Waals surface area contributed by atoms with E-state index in [4.69, 9.17) is 21.9 Å². The maximum absolute atomic E-state index is 13.6. The third-order valence-electron chi connectivity index (χ3n) is 6.31. The average Bonchev–Trinajstić information content (AvgIpc) is 3.13. The third-order valence-corrected chi connectivity index (χ3v) is 7.68. The smallest absolute Gasteiger partial charge is 0.267 e. The molecule has 2 atom stereocenters. The number of hydrogen-bond acceptors (Lipinski definition) is 7. The van der Waals surface area contributed by atoms with Crippen molar-refractivity contribution in [2.45, 2.75) is 38.9 Å². The molecule has 0 unspecified atom stereocenters. The van der Waals surface area contributed by atoms with Gasteiger partial charge in [0.1, 0.15) is 15.8 Å². The van der Waals surface area contributed by atoms with E-state index in [2.05, 4.69) is 17.0 Å². The maximum Gasteiger partial charge on any atom is 0.267 e. The molecule has 2 aliphatic rings. The van der Waals surface area contributed by atoms with E-state index in [9.17, 15) is 9.59 Å². The van der Waals surface area contributed by atoms with Crippen LogP contribution in [0.25, 0.3) is 11.7 Å². The van der Waals surface area contributed by atoms with Crippen molar-refractivity contribution in [1.82, 2.24) is 14.3 Å². The first-order chi connectivity index (χ1) is 17.4. The maximum atomic E-state index is 13.6. The number of morpholine rings is 1. The molecule has 186 valence electrons. The number of carbonyl (C=O) groups is 1. The summed E-state index contributed by atoms with van der Waals surface area (Å²) in [6.45, 7) is 5.78. The first-order valence-electron chi connectivity index (χ1n) is 12.1. The van der Waals surface area contributed by atoms with Gasteiger partial charge in [0.05, 0.1) is 22.7 Å². The van der Waals surface area contributed by atoms with Crippen LogP contribution in [0.1, 0.15) is 31.4 Å². The number of anilines is 1. The van der Waals surface area contributed by atoms with Gasteiger partial charge in [-0.25, -0.2) is 4.98 Å². The Morgan fingerprint density at radius 3 is 2.56 bits per heavy atom. The number of thiocarbonyl (C=S) groups is 1. The number of benzene rings is 1. The fourth-order valence-electron chi connectivity index (χ4n) is 4.72. The first-order valence-corrected chi connectivity index (χ1v) is 13.3. The summed E-state index contributed by atoms with van der Waals surface area (Å²) in [5.41, 5.74) is 1.98. The number of rotatable bonds is 6. The van der Waals surface area contributed by atoms with Crippen molar-refractivity contribution in [2.75, 3.05) is 24.5 Å². The molecule has 36 heavy (non-hydrogen) atoms. The molecule has 0 radical (unpaired) electrons. The van der Waals surface area contributed by atoms with Gasteiger partial charge in [0.15, 0.2) is 0 Å². The standard InChI is InChI=1S/C27H28N4O3S2/c1-18-16-29(17-19(2)34-18)24-21(25(32)30-13-7-6-12-23(30)28-24)15-22-26(33)31(27(35)36-22)14-8-11-20-9-4-3-5-10-20/h3-7,9-10,12-13,15,18-19H,8,11,14,16-17H2,1-2H3/b22-15-/t18-,19+. The van der Waals surface area contributed by atoms with E-state index < -0.39 is 0 Å². The summed E-state index contributed by atoms with van der Waals surface area (Å²) in [6.07, 6.45) is 5.04. The van der Waals surface area contributed by atoms with Crippen molar-refractivity contribution in [1.29, 1.82) is 0 Å². The van der Waals surface area contributed by atoms with Gasteiger partial charge in [-0.2, -0.15) is 0 Å². The number of pyridine rings is 1. The van der Waals surface area contributed by atoms with Crippen molar-refractivity contribution < 1.29 is 9.53 Å². The van der Waals surface area contributed by atoms with Crippen LogP contribution in [0, 0.1) is 0 Å². The minimum atomic E-state index is -0.211. The lowest BCUT2D eigenvalue weighted by Gasteiger charge is -2.36. The van der Waals surface area contributed by atoms with E-state index in [1.807, 2.05) is 44.2 Å². The van der Waals surface area contributed by atoms with Crippen LogP contribution in [0.3, 0.4) is 0 Å². The van der Waals surface area contributed by atoms with Crippen LogP contribution < -0.4 is 10.5 Å². The number of thioether (sulfide) groups is 1. The van der Waals surface area contributed by atoms with Gasteiger partial charge in [0.25, 0.3) is 11.5 Å². The number of carbonyl (C=O) groups excluding carboxylic acids is 1. The van der Waals surface area contributed by atoms with Gasteiger partial charge in [-0.1, -0.05) is 60.4 Å². The lowest BCUT2D eigenvalue weighted by molar-refractivity contribution is -0.122. The Bertz CT molecular complexity index is 1380. The van der Waals surface area contributed by atoms with Crippen molar-refractivity contribution >= 4 is 51.7 Å². The molecule has 7 nitrogen and oxygen atoms in total. The molecule has 0 N–H and O–H groups in total. The van der Waals surface area contributed by atoms with Crippen molar-refractivity contribution in [3.8, 4) is 0 Å². The number of aryl methyl sites for hydroxylation is 1. The Morgan fingerprint density at radius 1 is 1.08 bits per heavy atom. The summed E-state index contributed by atoms with van der Waals surface area (Å²) in [5.74, 6) is 0.410. The molecule has 1 aromatic carbocycles. The number of fused-ring (bicyclic) bond motifs is 1. The van der Waals surface area contributed by atoms with Gasteiger partial charge in [-0.3, -0.25) is 18.9 Å². The third kappa shape index (κ3) is 5.09. The fourth-order valence-corrected chi connectivity index (χ4v) is 6.01. The van der Waals surface area contributed by atoms with Crippen molar-refractivity contribution in [3.63, 3.8) is 0 Å². The molecular formula is C27H28N4O3S2. The molecule has 2 saturated heterocycles. The number of hydrogen-bond donors (Lipinski definition) is 0. The number of ether oxygens (including phenoxy) is 1. The van der Waals surface area contributed by atoms with E-state index in [-0.39, 0.29) is 23.7 Å². The lowest BCUT2D eigenvalue weighted by Crippen LogP contribution is -2.46. The van der Waals surface area contributed by atoms with E-state index >= 15 is 0 Å². The molecule has 0 aliphatic carbocycles. The highest BCUT2D eigenvalue weighted by Crippen LogP contribution is 2.34. The highest BCUT2D eigenvalue weighted by atomic mass is 32.2. The van der Waals surface area contributed by atoms with Crippen LogP contribution in [0.4, 0.5) is 5.82 Å². The zero-order valence-electron chi connectivity index (χ0n) is 20.3. The van der Waals surface area contributed by atoms with Crippen LogP contribution in [-0.2, 0) is 16.0 Å². The zero-order valence-corrected chi connectivity index (χ0v) is 21.9. The quantitative estimate of drug-likeness (QED) is 0.357. The molecule has 2 aromatic heterocycles. The normalized spacial score (nSPS) is 21.7. The Balaban J connectivity index is 1.46. The van der Waals surface area contributed by atoms with Crippen LogP contribution >= 0.6 is 24.0 Å². The van der Waals surface area contributed by atoms with Crippen LogP contribution in [-0.4, -0.2) is 56.4 Å². The Hall–Kier alpha value is -3.01. The number of aromatic nitrogens is 2. The van der Waals surface area contributed by atoms with Crippen molar-refractivity contribution in [2.24, 2.45) is 0 Å². The number of amides is 1. The predicted molar refractivity (Wildman–Crippen MR) is 148 cm³/mol. The van der Waals surface area contributed by atoms with Gasteiger partial charge in [-0.15, -0.1) is 0 Å². The summed E-state index contributed by atoms with van der Waals surface area (Å²) in [4.78, 5) is 35.9. The molecule has 3 aromatic rings. The molecule has 2 fully saturated rings. The highest BCUT2D eigenvalue weighted by molar-refractivity contribution is 8.26. The van der Waals surface area contributed by atoms with Gasteiger partial charge in [0.2, 0.25) is 0 Å². The largest absolute Gasteiger partial charge is 0.372 e. The van der Waals surface area contributed by atoms with Gasteiger partial charge >= 0.3 is 0 Å². The minimum absolute atomic E-state index is 0.000417. The Labute approximate surface area is 219 Å². The average molecular weight is 521 g/mol. The van der Waals surface area contributed by atoms with E-state index in [0.717, 1.165) is 12.8 Å². The molecule has 1 amide bonds. The second-order valence-electron chi connectivity index (χ2n) is 9.17. The van der Waals surface area contributed by atoms with E-state index in [1.54, 1.807) is 23.2 Å². The molecule has 0 spiro atoms. The summed E-state index contributed by atoms with van der Waals surface area (Å²) in [6, 6.07) is 15.7. The lowest BCUT2D eigenvalue weighted by atomic mass is 10.1. The summed E-state index contributed by atoms with van der Waals surface area (Å²) in [7, 11) is 0. The number of nitrogens with zero attached hydrogens (tertiary/aromatic N) is 4. The Morgan fingerprint density at radius 2 is 1.81 bits per heavy atom. The summed E-state index contributed by atoms with van der Waals surface area (Å²) < 4.78 is 7.93. The van der Waals surface area contributed by atoms with Gasteiger partial charge in [-0.05, 0) is 50.5 Å². The fraction of sp³-hybridized carbons (Fsp3) is 0.333. The molecule has 5 rings (SSSR count). The van der Waals surface area contributed by atoms with Gasteiger partial charge in [0, 0.05) is 25.8 Å². The topological polar surface area (TPSA) is 67.2 Å². The second-order valence-corrected chi connectivity index (χ2v) is 10.8. The predicted octanol–water partition coefficient (Wildman–Crippen LogP) is 4.14. The van der Waals surface area contributed by atoms with Crippen molar-refractivity contribution in [3.05, 3.63) is 81.1 Å². The zero-order chi connectivity index (χ0) is 25.2.